The van der Waals surface area contributed by atoms with Gasteiger partial charge in [0.05, 0.1) is 12.7 Å². The van der Waals surface area contributed by atoms with Crippen LogP contribution in [0.1, 0.15) is 163 Å². The minimum atomic E-state index is -0.162. The minimum Gasteiger partial charge on any atom is -0.465 e. The third-order valence-electron chi connectivity index (χ3n) is 13.6. The molecule has 6 aliphatic carbocycles. The molecule has 6 fully saturated rings. The molecule has 0 aromatic rings. The van der Waals surface area contributed by atoms with E-state index in [1.165, 1.54) is 103 Å². The van der Waals surface area contributed by atoms with Crippen molar-refractivity contribution in [2.45, 2.75) is 169 Å². The van der Waals surface area contributed by atoms with E-state index >= 15 is 0 Å². The molecule has 9 atom stereocenters. The first kappa shape index (κ1) is 29.9. The molecule has 0 amide bonds. The molecule has 0 radical (unpaired) electrons. The van der Waals surface area contributed by atoms with Crippen LogP contribution in [0.4, 0.5) is 0 Å². The third-order valence-corrected chi connectivity index (χ3v) is 13.6. The molecule has 1 spiro atoms. The van der Waals surface area contributed by atoms with Gasteiger partial charge in [-0.3, -0.25) is 4.79 Å². The van der Waals surface area contributed by atoms with Crippen LogP contribution < -0.4 is 0 Å². The number of hydrogen-bond donors (Lipinski definition) is 1. The molecular formula is C36H62O3. The van der Waals surface area contributed by atoms with Crippen molar-refractivity contribution >= 4 is 5.97 Å². The Kier molecular flexibility index (Phi) is 9.18. The summed E-state index contributed by atoms with van der Waals surface area (Å²) in [5, 5.41) is 11.6. The van der Waals surface area contributed by atoms with Crippen LogP contribution in [0, 0.1) is 45.3 Å². The first-order valence-corrected chi connectivity index (χ1v) is 17.5. The van der Waals surface area contributed by atoms with E-state index in [1.807, 2.05) is 0 Å². The molecule has 6 rings (SSSR count). The quantitative estimate of drug-likeness (QED) is 0.156. The summed E-state index contributed by atoms with van der Waals surface area (Å²) in [5.41, 5.74) is 1.03. The van der Waals surface area contributed by atoms with Crippen LogP contribution in [0.3, 0.4) is 0 Å². The molecule has 3 heteroatoms. The topological polar surface area (TPSA) is 46.5 Å². The number of fused-ring (bicyclic) bond motifs is 1. The highest BCUT2D eigenvalue weighted by molar-refractivity contribution is 5.69. The highest BCUT2D eigenvalue weighted by Gasteiger charge is 2.80. The van der Waals surface area contributed by atoms with Crippen LogP contribution in [-0.2, 0) is 9.53 Å². The predicted octanol–water partition coefficient (Wildman–Crippen LogP) is 9.64. The average Bonchev–Trinajstić information content (AvgIpc) is 3.36. The van der Waals surface area contributed by atoms with Crippen molar-refractivity contribution in [2.75, 3.05) is 6.61 Å². The number of ether oxygens (including phenoxy) is 1. The van der Waals surface area contributed by atoms with Crippen LogP contribution >= 0.6 is 0 Å². The summed E-state index contributed by atoms with van der Waals surface area (Å²) in [6.07, 6.45) is 26.2. The van der Waals surface area contributed by atoms with Crippen LogP contribution in [0.5, 0.6) is 0 Å². The fraction of sp³-hybridized carbons (Fsp3) is 0.972. The number of hydrogen-bond acceptors (Lipinski definition) is 3. The Morgan fingerprint density at radius 2 is 1.38 bits per heavy atom. The molecule has 4 bridgehead atoms. The summed E-state index contributed by atoms with van der Waals surface area (Å²) in [4.78, 5) is 12.7. The zero-order valence-electron chi connectivity index (χ0n) is 26.2. The number of carbonyl (C=O) groups is 1. The lowest BCUT2D eigenvalue weighted by molar-refractivity contribution is -0.221. The summed E-state index contributed by atoms with van der Waals surface area (Å²) in [6.45, 7) is 10.3. The van der Waals surface area contributed by atoms with Crippen LogP contribution in [0.15, 0.2) is 0 Å². The Hall–Kier alpha value is -0.570. The first-order chi connectivity index (χ1) is 18.7. The SMILES string of the molecule is CCCCCCCCCCCCCCCC(=O)OC[C@@]1(C)CCC[C@]2(C)[C@@H]1C[C@H](O)[C@@]13C[C@H]4[C@@H](C[C@@H]21)[C@@]4(C)C3. The largest absolute Gasteiger partial charge is 0.465 e. The number of carbonyl (C=O) groups excluding carboxylic acids is 1. The molecule has 0 heterocycles. The molecule has 6 aliphatic rings. The Morgan fingerprint density at radius 3 is 1.97 bits per heavy atom. The number of aliphatic hydroxyl groups excluding tert-OH is 1. The second kappa shape index (κ2) is 12.0. The van der Waals surface area contributed by atoms with Gasteiger partial charge < -0.3 is 9.84 Å². The Labute approximate surface area is 241 Å². The van der Waals surface area contributed by atoms with Gasteiger partial charge in [0.15, 0.2) is 0 Å². The average molecular weight is 543 g/mol. The second-order valence-electron chi connectivity index (χ2n) is 16.1. The maximum Gasteiger partial charge on any atom is 0.305 e. The predicted molar refractivity (Wildman–Crippen MR) is 160 cm³/mol. The van der Waals surface area contributed by atoms with Gasteiger partial charge in [-0.05, 0) is 79.4 Å². The van der Waals surface area contributed by atoms with Crippen molar-refractivity contribution in [2.24, 2.45) is 45.3 Å². The maximum atomic E-state index is 12.7. The van der Waals surface area contributed by atoms with Gasteiger partial charge in [0.1, 0.15) is 0 Å². The summed E-state index contributed by atoms with van der Waals surface area (Å²) >= 11 is 0. The van der Waals surface area contributed by atoms with E-state index in [-0.39, 0.29) is 22.9 Å². The molecule has 1 N–H and O–H groups in total. The van der Waals surface area contributed by atoms with Crippen molar-refractivity contribution in [1.82, 2.24) is 0 Å². The summed E-state index contributed by atoms with van der Waals surface area (Å²) in [6, 6.07) is 0. The van der Waals surface area contributed by atoms with E-state index in [9.17, 15) is 9.90 Å². The molecule has 224 valence electrons. The van der Waals surface area contributed by atoms with Crippen molar-refractivity contribution in [3.8, 4) is 0 Å². The highest BCUT2D eigenvalue weighted by atomic mass is 16.5. The first-order valence-electron chi connectivity index (χ1n) is 17.5. The standard InChI is InChI=1S/C36H62O3/c1-5-6-7-8-9-10-11-12-13-14-15-16-17-19-32(38)39-26-33(2)20-18-21-34(3)29(33)23-31(37)36-24-28-27(22-30(34)36)35(28,4)25-36/h27-31,37H,5-26H2,1-4H3/t27-,28+,29-,30+,31+,33-,34-,35-,36-/m1/s1. The molecule has 0 unspecified atom stereocenters. The molecular weight excluding hydrogens is 480 g/mol. The van der Waals surface area contributed by atoms with Gasteiger partial charge in [-0.1, -0.05) is 111 Å². The Morgan fingerprint density at radius 1 is 0.769 bits per heavy atom. The summed E-state index contributed by atoms with van der Waals surface area (Å²) in [5.74, 6) is 2.95. The number of aliphatic hydroxyl groups is 1. The van der Waals surface area contributed by atoms with E-state index < -0.39 is 0 Å². The maximum absolute atomic E-state index is 12.7. The smallest absolute Gasteiger partial charge is 0.305 e. The van der Waals surface area contributed by atoms with E-state index in [2.05, 4.69) is 27.7 Å². The van der Waals surface area contributed by atoms with Crippen molar-refractivity contribution in [1.29, 1.82) is 0 Å². The Bertz CT molecular complexity index is 839. The Balaban J connectivity index is 0.995. The van der Waals surface area contributed by atoms with Crippen LogP contribution in [0.2, 0.25) is 0 Å². The molecule has 0 aliphatic heterocycles. The monoisotopic (exact) mass is 542 g/mol. The fourth-order valence-corrected chi connectivity index (χ4v) is 11.4. The number of rotatable bonds is 16. The van der Waals surface area contributed by atoms with Gasteiger partial charge in [-0.2, -0.15) is 0 Å². The number of esters is 1. The lowest BCUT2D eigenvalue weighted by atomic mass is 9.39. The molecule has 3 nitrogen and oxygen atoms in total. The van der Waals surface area contributed by atoms with E-state index in [0.717, 1.165) is 37.5 Å². The molecule has 0 aromatic carbocycles. The van der Waals surface area contributed by atoms with Gasteiger partial charge in [-0.25, -0.2) is 0 Å². The van der Waals surface area contributed by atoms with E-state index in [0.29, 0.717) is 35.7 Å². The normalized spacial score (nSPS) is 43.6. The van der Waals surface area contributed by atoms with Gasteiger partial charge in [0, 0.05) is 17.3 Å². The van der Waals surface area contributed by atoms with Gasteiger partial charge in [-0.15, -0.1) is 0 Å². The highest BCUT2D eigenvalue weighted by Crippen LogP contribution is 2.85. The van der Waals surface area contributed by atoms with Gasteiger partial charge >= 0.3 is 5.97 Å². The molecule has 6 saturated carbocycles. The second-order valence-corrected chi connectivity index (χ2v) is 16.1. The lowest BCUT2D eigenvalue weighted by Crippen LogP contribution is -2.63. The lowest BCUT2D eigenvalue weighted by Gasteiger charge is -2.67. The molecule has 0 aromatic heterocycles. The zero-order chi connectivity index (χ0) is 27.7. The minimum absolute atomic E-state index is 0.00708. The van der Waals surface area contributed by atoms with Gasteiger partial charge in [0.25, 0.3) is 0 Å². The van der Waals surface area contributed by atoms with E-state index in [4.69, 9.17) is 4.74 Å². The van der Waals surface area contributed by atoms with Crippen LogP contribution in [0.25, 0.3) is 0 Å². The van der Waals surface area contributed by atoms with E-state index in [1.54, 1.807) is 0 Å². The van der Waals surface area contributed by atoms with Crippen molar-refractivity contribution in [3.05, 3.63) is 0 Å². The number of unbranched alkanes of at least 4 members (excludes halogenated alkanes) is 12. The summed E-state index contributed by atoms with van der Waals surface area (Å²) < 4.78 is 6.02. The van der Waals surface area contributed by atoms with Crippen LogP contribution in [-0.4, -0.2) is 23.8 Å². The van der Waals surface area contributed by atoms with Gasteiger partial charge in [0.2, 0.25) is 0 Å². The van der Waals surface area contributed by atoms with Crippen molar-refractivity contribution < 1.29 is 14.6 Å². The summed E-state index contributed by atoms with van der Waals surface area (Å²) in [7, 11) is 0. The molecule has 0 saturated heterocycles. The van der Waals surface area contributed by atoms with Crippen molar-refractivity contribution in [3.63, 3.8) is 0 Å². The zero-order valence-corrected chi connectivity index (χ0v) is 26.2. The molecule has 39 heavy (non-hydrogen) atoms. The third kappa shape index (κ3) is 5.62. The fourth-order valence-electron chi connectivity index (χ4n) is 11.4.